The zero-order valence-electron chi connectivity index (χ0n) is 11.5. The highest BCUT2D eigenvalue weighted by atomic mass is 19.4. The van der Waals surface area contributed by atoms with Crippen molar-refractivity contribution in [1.29, 1.82) is 0 Å². The lowest BCUT2D eigenvalue weighted by molar-refractivity contribution is -0.186. The topological polar surface area (TPSA) is 49.4 Å². The van der Waals surface area contributed by atoms with Gasteiger partial charge in [-0.2, -0.15) is 13.2 Å². The Morgan fingerprint density at radius 1 is 1.23 bits per heavy atom. The average Bonchev–Trinajstić information content (AvgIpc) is 2.93. The Bertz CT molecular complexity index is 557. The molecule has 1 fully saturated rings. The summed E-state index contributed by atoms with van der Waals surface area (Å²) in [5.41, 5.74) is 0.612. The number of likely N-dealkylation sites (tertiary alicyclic amines) is 1. The summed E-state index contributed by atoms with van der Waals surface area (Å²) in [5.74, 6) is -3.06. The molecule has 0 spiro atoms. The molecule has 1 saturated heterocycles. The van der Waals surface area contributed by atoms with E-state index in [0.29, 0.717) is 16.9 Å². The van der Waals surface area contributed by atoms with E-state index in [1.165, 1.54) is 24.3 Å². The summed E-state index contributed by atoms with van der Waals surface area (Å²) in [6.45, 7) is -0.0311. The first-order valence-electron chi connectivity index (χ1n) is 6.69. The van der Waals surface area contributed by atoms with Crippen molar-refractivity contribution in [3.05, 3.63) is 35.6 Å². The minimum absolute atomic E-state index is 0.0592. The molecule has 4 nitrogen and oxygen atoms in total. The molecule has 1 N–H and O–H groups in total. The first-order valence-corrected chi connectivity index (χ1v) is 6.69. The molecule has 1 aliphatic rings. The summed E-state index contributed by atoms with van der Waals surface area (Å²) >= 11 is 0. The van der Waals surface area contributed by atoms with Crippen LogP contribution in [0.25, 0.3) is 0 Å². The lowest BCUT2D eigenvalue weighted by Gasteiger charge is -2.24. The fourth-order valence-electron chi connectivity index (χ4n) is 2.35. The minimum Gasteiger partial charge on any atom is -0.350 e. The first-order chi connectivity index (χ1) is 10.3. The predicted octanol–water partition coefficient (Wildman–Crippen LogP) is 2.00. The second-order valence-electron chi connectivity index (χ2n) is 5.00. The molecule has 120 valence electrons. The first kappa shape index (κ1) is 16.3. The van der Waals surface area contributed by atoms with Crippen LogP contribution >= 0.6 is 0 Å². The Balaban J connectivity index is 1.96. The van der Waals surface area contributed by atoms with Gasteiger partial charge in [0, 0.05) is 13.1 Å². The van der Waals surface area contributed by atoms with Crippen LogP contribution in [-0.4, -0.2) is 35.5 Å². The van der Waals surface area contributed by atoms with Crippen molar-refractivity contribution < 1.29 is 27.2 Å². The van der Waals surface area contributed by atoms with Crippen LogP contribution in [-0.2, 0) is 16.1 Å². The molecular weight excluding hydrogens is 304 g/mol. The maximum absolute atomic E-state index is 12.7. The number of hydrogen-bond donors (Lipinski definition) is 1. The van der Waals surface area contributed by atoms with E-state index in [2.05, 4.69) is 5.32 Å². The van der Waals surface area contributed by atoms with Gasteiger partial charge in [0.05, 0.1) is 0 Å². The molecule has 0 aliphatic carbocycles. The number of alkyl halides is 3. The van der Waals surface area contributed by atoms with Crippen LogP contribution in [0, 0.1) is 5.82 Å². The monoisotopic (exact) mass is 318 g/mol. The van der Waals surface area contributed by atoms with E-state index in [-0.39, 0.29) is 19.5 Å². The summed E-state index contributed by atoms with van der Waals surface area (Å²) in [5, 5.41) is 2.47. The van der Waals surface area contributed by atoms with Crippen molar-refractivity contribution in [3.63, 3.8) is 0 Å². The third kappa shape index (κ3) is 3.75. The van der Waals surface area contributed by atoms with Crippen molar-refractivity contribution in [2.75, 3.05) is 6.54 Å². The van der Waals surface area contributed by atoms with E-state index < -0.39 is 29.8 Å². The van der Waals surface area contributed by atoms with Crippen LogP contribution in [0.5, 0.6) is 0 Å². The zero-order chi connectivity index (χ0) is 16.3. The van der Waals surface area contributed by atoms with Crippen molar-refractivity contribution in [2.45, 2.75) is 31.6 Å². The standard InChI is InChI=1S/C14H14F4N2O2/c15-10-5-3-9(4-6-10)8-19-12(21)11-2-1-7-20(11)13(22)14(16,17)18/h3-6,11H,1-2,7-8H2,(H,19,21). The zero-order valence-corrected chi connectivity index (χ0v) is 11.5. The van der Waals surface area contributed by atoms with Gasteiger partial charge in [-0.1, -0.05) is 12.1 Å². The van der Waals surface area contributed by atoms with Crippen molar-refractivity contribution in [3.8, 4) is 0 Å². The maximum atomic E-state index is 12.7. The molecule has 2 rings (SSSR count). The Hall–Kier alpha value is -2.12. The maximum Gasteiger partial charge on any atom is 0.471 e. The number of carbonyl (C=O) groups is 2. The van der Waals surface area contributed by atoms with Gasteiger partial charge in [0.1, 0.15) is 11.9 Å². The van der Waals surface area contributed by atoms with Crippen molar-refractivity contribution >= 4 is 11.8 Å². The number of rotatable bonds is 3. The fraction of sp³-hybridized carbons (Fsp3) is 0.429. The number of amides is 2. The van der Waals surface area contributed by atoms with Crippen LogP contribution < -0.4 is 5.32 Å². The molecule has 1 aromatic carbocycles. The van der Waals surface area contributed by atoms with E-state index in [1.54, 1.807) is 0 Å². The highest BCUT2D eigenvalue weighted by Gasteiger charge is 2.47. The van der Waals surface area contributed by atoms with Crippen LogP contribution in [0.3, 0.4) is 0 Å². The third-order valence-corrected chi connectivity index (χ3v) is 3.44. The smallest absolute Gasteiger partial charge is 0.350 e. The Morgan fingerprint density at radius 2 is 1.86 bits per heavy atom. The highest BCUT2D eigenvalue weighted by molar-refractivity contribution is 5.90. The molecule has 0 aromatic heterocycles. The molecule has 1 aliphatic heterocycles. The second-order valence-corrected chi connectivity index (χ2v) is 5.00. The minimum atomic E-state index is -4.99. The predicted molar refractivity (Wildman–Crippen MR) is 69.0 cm³/mol. The van der Waals surface area contributed by atoms with Gasteiger partial charge in [-0.05, 0) is 30.5 Å². The molecular formula is C14H14F4N2O2. The number of benzene rings is 1. The number of hydrogen-bond acceptors (Lipinski definition) is 2. The second kappa shape index (κ2) is 6.33. The van der Waals surface area contributed by atoms with Gasteiger partial charge >= 0.3 is 12.1 Å². The Kier molecular flexibility index (Phi) is 4.68. The van der Waals surface area contributed by atoms with E-state index in [1.807, 2.05) is 0 Å². The number of nitrogens with one attached hydrogen (secondary N) is 1. The van der Waals surface area contributed by atoms with Gasteiger partial charge in [-0.25, -0.2) is 4.39 Å². The molecule has 1 unspecified atom stereocenters. The van der Waals surface area contributed by atoms with Crippen molar-refractivity contribution in [2.24, 2.45) is 0 Å². The van der Waals surface area contributed by atoms with E-state index in [9.17, 15) is 27.2 Å². The van der Waals surface area contributed by atoms with Crippen LogP contribution in [0.1, 0.15) is 18.4 Å². The molecule has 1 atom stereocenters. The lowest BCUT2D eigenvalue weighted by Crippen LogP contribution is -2.50. The highest BCUT2D eigenvalue weighted by Crippen LogP contribution is 2.25. The molecule has 22 heavy (non-hydrogen) atoms. The lowest BCUT2D eigenvalue weighted by atomic mass is 10.2. The molecule has 0 radical (unpaired) electrons. The summed E-state index contributed by atoms with van der Waals surface area (Å²) in [6.07, 6.45) is -4.45. The van der Waals surface area contributed by atoms with E-state index in [0.717, 1.165) is 0 Å². The van der Waals surface area contributed by atoms with Crippen LogP contribution in [0.2, 0.25) is 0 Å². The molecule has 0 bridgehead atoms. The summed E-state index contributed by atoms with van der Waals surface area (Å²) in [7, 11) is 0. The van der Waals surface area contributed by atoms with Gasteiger partial charge < -0.3 is 10.2 Å². The van der Waals surface area contributed by atoms with Gasteiger partial charge in [0.15, 0.2) is 0 Å². The number of carbonyl (C=O) groups excluding carboxylic acids is 2. The SMILES string of the molecule is O=C(NCc1ccc(F)cc1)C1CCCN1C(=O)C(F)(F)F. The van der Waals surface area contributed by atoms with Gasteiger partial charge in [-0.15, -0.1) is 0 Å². The van der Waals surface area contributed by atoms with Crippen molar-refractivity contribution in [1.82, 2.24) is 10.2 Å². The molecule has 2 amide bonds. The third-order valence-electron chi connectivity index (χ3n) is 3.44. The van der Waals surface area contributed by atoms with Crippen LogP contribution in [0.4, 0.5) is 17.6 Å². The summed E-state index contributed by atoms with van der Waals surface area (Å²) < 4.78 is 50.1. The fourth-order valence-corrected chi connectivity index (χ4v) is 2.35. The Labute approximate surface area is 124 Å². The van der Waals surface area contributed by atoms with E-state index >= 15 is 0 Å². The number of nitrogens with zero attached hydrogens (tertiary/aromatic N) is 1. The average molecular weight is 318 g/mol. The number of halogens is 4. The molecule has 8 heteroatoms. The van der Waals surface area contributed by atoms with Gasteiger partial charge in [0.25, 0.3) is 0 Å². The summed E-state index contributed by atoms with van der Waals surface area (Å²) in [6, 6.07) is 4.24. The van der Waals surface area contributed by atoms with Gasteiger partial charge in [-0.3, -0.25) is 9.59 Å². The molecule has 1 heterocycles. The van der Waals surface area contributed by atoms with Gasteiger partial charge in [0.2, 0.25) is 5.91 Å². The largest absolute Gasteiger partial charge is 0.471 e. The summed E-state index contributed by atoms with van der Waals surface area (Å²) in [4.78, 5) is 23.8. The van der Waals surface area contributed by atoms with E-state index in [4.69, 9.17) is 0 Å². The Morgan fingerprint density at radius 3 is 2.45 bits per heavy atom. The molecule has 1 aromatic rings. The normalized spacial score (nSPS) is 18.4. The quantitative estimate of drug-likeness (QED) is 0.867. The van der Waals surface area contributed by atoms with Crippen LogP contribution in [0.15, 0.2) is 24.3 Å². The molecule has 0 saturated carbocycles.